The van der Waals surface area contributed by atoms with E-state index < -0.39 is 21.8 Å². The molecule has 12 heteroatoms. The van der Waals surface area contributed by atoms with E-state index in [1.165, 1.54) is 40.5 Å². The Morgan fingerprint density at radius 3 is 2.20 bits per heavy atom. The van der Waals surface area contributed by atoms with Crippen molar-refractivity contribution < 1.29 is 33.0 Å². The van der Waals surface area contributed by atoms with Gasteiger partial charge in [0.05, 0.1) is 34.1 Å². The molecule has 0 aliphatic rings. The number of carbonyl (C=O) groups is 2. The summed E-state index contributed by atoms with van der Waals surface area (Å²) in [5, 5.41) is 22.2. The Hall–Kier alpha value is -3.84. The van der Waals surface area contributed by atoms with Crippen LogP contribution in [0.15, 0.2) is 65.6 Å². The summed E-state index contributed by atoms with van der Waals surface area (Å²) in [6.45, 7) is 1.05. The summed E-state index contributed by atoms with van der Waals surface area (Å²) in [5.74, 6) is -0.468. The van der Waals surface area contributed by atoms with Crippen LogP contribution in [0, 0.1) is 0 Å². The van der Waals surface area contributed by atoms with Crippen molar-refractivity contribution in [1.82, 2.24) is 9.88 Å². The molecule has 0 radical (unpaired) electrons. The van der Waals surface area contributed by atoms with Crippen molar-refractivity contribution in [2.75, 3.05) is 25.2 Å². The first-order valence-electron chi connectivity index (χ1n) is 12.3. The molecule has 210 valence electrons. The lowest BCUT2D eigenvalue weighted by Crippen LogP contribution is -2.26. The highest BCUT2D eigenvalue weighted by atomic mass is 32.2. The Labute approximate surface area is 235 Å². The topological polar surface area (TPSA) is 146 Å². The first kappa shape index (κ1) is 29.2. The number of nitrogens with one attached hydrogen (secondary N) is 1. The van der Waals surface area contributed by atoms with Crippen molar-refractivity contribution in [3.63, 3.8) is 0 Å². The number of benzene rings is 3. The molecule has 0 aliphatic heterocycles. The molecular weight excluding hydrogens is 554 g/mol. The number of anilines is 1. The molecule has 0 saturated carbocycles. The Kier molecular flexibility index (Phi) is 8.84. The highest BCUT2D eigenvalue weighted by Crippen LogP contribution is 2.31. The monoisotopic (exact) mass is 583 g/mol. The zero-order chi connectivity index (χ0) is 29.0. The zero-order valence-electron chi connectivity index (χ0n) is 22.1. The number of sulfone groups is 1. The maximum absolute atomic E-state index is 13.5. The lowest BCUT2D eigenvalue weighted by atomic mass is 10.1. The average Bonchev–Trinajstić information content (AvgIpc) is 3.35. The number of thiazole rings is 1. The minimum absolute atomic E-state index is 0.0572. The smallest absolute Gasteiger partial charge is 0.271 e. The van der Waals surface area contributed by atoms with Gasteiger partial charge in [-0.1, -0.05) is 30.4 Å². The number of fused-ring (bicyclic) bond motifs is 1. The van der Waals surface area contributed by atoms with E-state index >= 15 is 0 Å². The molecular formula is C28H29N3O7S2. The Balaban J connectivity index is 1.65. The van der Waals surface area contributed by atoms with Crippen LogP contribution >= 0.6 is 11.3 Å². The number of carbonyl (C=O) groups excluding carboxylic acids is 2. The van der Waals surface area contributed by atoms with Gasteiger partial charge in [0, 0.05) is 25.2 Å². The molecule has 4 rings (SSSR count). The van der Waals surface area contributed by atoms with Crippen LogP contribution in [-0.4, -0.2) is 60.2 Å². The molecule has 0 saturated heterocycles. The average molecular weight is 584 g/mol. The molecule has 40 heavy (non-hydrogen) atoms. The number of hydrogen-bond donors (Lipinski definition) is 3. The van der Waals surface area contributed by atoms with Crippen molar-refractivity contribution in [2.24, 2.45) is 0 Å². The van der Waals surface area contributed by atoms with Crippen LogP contribution in [0.5, 0.6) is 5.75 Å². The SMILES string of the molecule is CCS(=O)(=O)c1ccc(C(Oc2ccc(C(=O)N(C)C)cc2)C(=O)Nc2nc3cc(CO)c(CO)cc3s2)cc1. The van der Waals surface area contributed by atoms with E-state index in [1.54, 1.807) is 57.4 Å². The number of aromatic nitrogens is 1. The molecule has 1 atom stereocenters. The van der Waals surface area contributed by atoms with Gasteiger partial charge < -0.3 is 19.8 Å². The van der Waals surface area contributed by atoms with Gasteiger partial charge in [-0.25, -0.2) is 13.4 Å². The Bertz CT molecular complexity index is 1590. The largest absolute Gasteiger partial charge is 0.476 e. The van der Waals surface area contributed by atoms with Gasteiger partial charge in [-0.05, 0) is 59.7 Å². The standard InChI is InChI=1S/C28H29N3O7S2/c1-4-40(36,37)22-11-7-17(8-12-22)25(38-21-9-5-18(6-10-21)27(35)31(2)3)26(34)30-28-29-23-13-19(15-32)20(16-33)14-24(23)39-28/h5-14,25,32-33H,4,15-16H2,1-3H3,(H,29,30,34). The van der Waals surface area contributed by atoms with Gasteiger partial charge in [0.1, 0.15) is 5.75 Å². The summed E-state index contributed by atoms with van der Waals surface area (Å²) in [5.41, 5.74) is 2.52. The fourth-order valence-electron chi connectivity index (χ4n) is 3.94. The van der Waals surface area contributed by atoms with Gasteiger partial charge in [-0.3, -0.25) is 14.9 Å². The predicted molar refractivity (Wildman–Crippen MR) is 152 cm³/mol. The first-order valence-corrected chi connectivity index (χ1v) is 14.8. The lowest BCUT2D eigenvalue weighted by molar-refractivity contribution is -0.123. The maximum Gasteiger partial charge on any atom is 0.271 e. The second-order valence-corrected chi connectivity index (χ2v) is 12.4. The molecule has 0 fully saturated rings. The van der Waals surface area contributed by atoms with Gasteiger partial charge in [-0.2, -0.15) is 0 Å². The van der Waals surface area contributed by atoms with Gasteiger partial charge in [0.2, 0.25) is 6.10 Å². The molecule has 10 nitrogen and oxygen atoms in total. The predicted octanol–water partition coefficient (Wildman–Crippen LogP) is 3.54. The van der Waals surface area contributed by atoms with E-state index in [-0.39, 0.29) is 34.9 Å². The second kappa shape index (κ2) is 12.1. The lowest BCUT2D eigenvalue weighted by Gasteiger charge is -2.19. The first-order chi connectivity index (χ1) is 19.1. The summed E-state index contributed by atoms with van der Waals surface area (Å²) in [6, 6.07) is 15.6. The fourth-order valence-corrected chi connectivity index (χ4v) is 5.74. The van der Waals surface area contributed by atoms with Crippen molar-refractivity contribution in [1.29, 1.82) is 0 Å². The van der Waals surface area contributed by atoms with Gasteiger partial charge >= 0.3 is 0 Å². The third-order valence-electron chi connectivity index (χ3n) is 6.20. The minimum Gasteiger partial charge on any atom is -0.476 e. The number of aliphatic hydroxyl groups excluding tert-OH is 2. The number of hydrogen-bond acceptors (Lipinski definition) is 9. The van der Waals surface area contributed by atoms with E-state index in [2.05, 4.69) is 10.3 Å². The van der Waals surface area contributed by atoms with Crippen LogP contribution in [0.3, 0.4) is 0 Å². The van der Waals surface area contributed by atoms with E-state index in [9.17, 15) is 28.2 Å². The summed E-state index contributed by atoms with van der Waals surface area (Å²) in [4.78, 5) is 31.8. The van der Waals surface area contributed by atoms with Crippen LogP contribution < -0.4 is 10.1 Å². The highest BCUT2D eigenvalue weighted by molar-refractivity contribution is 7.91. The number of amides is 2. The molecule has 0 aliphatic carbocycles. The fraction of sp³-hybridized carbons (Fsp3) is 0.250. The van der Waals surface area contributed by atoms with Crippen LogP contribution in [0.2, 0.25) is 0 Å². The van der Waals surface area contributed by atoms with Crippen LogP contribution in [-0.2, 0) is 27.8 Å². The third kappa shape index (κ3) is 6.31. The van der Waals surface area contributed by atoms with Crippen molar-refractivity contribution >= 4 is 48.3 Å². The van der Waals surface area contributed by atoms with Crippen molar-refractivity contribution in [3.05, 3.63) is 82.9 Å². The summed E-state index contributed by atoms with van der Waals surface area (Å²) < 4.78 is 31.3. The van der Waals surface area contributed by atoms with Gasteiger partial charge in [0.15, 0.2) is 15.0 Å². The maximum atomic E-state index is 13.5. The second-order valence-electron chi connectivity index (χ2n) is 9.11. The molecule has 2 amide bonds. The number of rotatable bonds is 10. The van der Waals surface area contributed by atoms with E-state index in [4.69, 9.17) is 4.74 Å². The number of aliphatic hydroxyl groups is 2. The molecule has 1 unspecified atom stereocenters. The molecule has 1 aromatic heterocycles. The number of nitrogens with zero attached hydrogens (tertiary/aromatic N) is 2. The van der Waals surface area contributed by atoms with E-state index in [0.29, 0.717) is 38.2 Å². The zero-order valence-corrected chi connectivity index (χ0v) is 23.8. The third-order valence-corrected chi connectivity index (χ3v) is 8.89. The Morgan fingerprint density at radius 2 is 1.62 bits per heavy atom. The Morgan fingerprint density at radius 1 is 1.00 bits per heavy atom. The molecule has 0 bridgehead atoms. The van der Waals surface area contributed by atoms with E-state index in [0.717, 1.165) is 0 Å². The minimum atomic E-state index is -3.44. The van der Waals surface area contributed by atoms with Crippen LogP contribution in [0.25, 0.3) is 10.2 Å². The number of ether oxygens (including phenoxy) is 1. The van der Waals surface area contributed by atoms with E-state index in [1.807, 2.05) is 0 Å². The quantitative estimate of drug-likeness (QED) is 0.257. The molecule has 1 heterocycles. The summed E-state index contributed by atoms with van der Waals surface area (Å²) >= 11 is 1.20. The van der Waals surface area contributed by atoms with Crippen molar-refractivity contribution in [3.8, 4) is 5.75 Å². The molecule has 3 aromatic carbocycles. The van der Waals surface area contributed by atoms with Gasteiger partial charge in [-0.15, -0.1) is 0 Å². The normalized spacial score (nSPS) is 12.2. The highest BCUT2D eigenvalue weighted by Gasteiger charge is 2.25. The summed E-state index contributed by atoms with van der Waals surface area (Å²) in [7, 11) is -0.145. The van der Waals surface area contributed by atoms with Crippen LogP contribution in [0.1, 0.15) is 40.1 Å². The summed E-state index contributed by atoms with van der Waals surface area (Å²) in [6.07, 6.45) is -1.18. The molecule has 3 N–H and O–H groups in total. The van der Waals surface area contributed by atoms with Crippen molar-refractivity contribution in [2.45, 2.75) is 31.1 Å². The molecule has 4 aromatic rings. The molecule has 0 spiro atoms. The van der Waals surface area contributed by atoms with Gasteiger partial charge in [0.25, 0.3) is 11.8 Å². The van der Waals surface area contributed by atoms with Crippen LogP contribution in [0.4, 0.5) is 5.13 Å².